The fraction of sp³-hybridized carbons (Fsp3) is 0.591. The van der Waals surface area contributed by atoms with Crippen molar-refractivity contribution in [2.75, 3.05) is 45.9 Å². The van der Waals surface area contributed by atoms with Crippen LogP contribution in [-0.4, -0.2) is 84.7 Å². The van der Waals surface area contributed by atoms with E-state index in [0.29, 0.717) is 37.6 Å². The molecule has 1 aliphatic heterocycles. The molecule has 186 valence electrons. The van der Waals surface area contributed by atoms with Crippen molar-refractivity contribution < 1.29 is 37.4 Å². The van der Waals surface area contributed by atoms with Crippen LogP contribution in [0.2, 0.25) is 0 Å². The summed E-state index contributed by atoms with van der Waals surface area (Å²) in [6.07, 6.45) is -4.71. The molecule has 1 aliphatic rings. The zero-order valence-corrected chi connectivity index (χ0v) is 19.2. The number of benzene rings is 1. The molecule has 1 aromatic carbocycles. The lowest BCUT2D eigenvalue weighted by molar-refractivity contribution is -0.192. The highest BCUT2D eigenvalue weighted by Gasteiger charge is 2.38. The van der Waals surface area contributed by atoms with Crippen LogP contribution in [0.1, 0.15) is 37.6 Å². The molecule has 0 unspecified atom stereocenters. The van der Waals surface area contributed by atoms with Gasteiger partial charge in [-0.05, 0) is 37.1 Å². The van der Waals surface area contributed by atoms with Crippen LogP contribution in [0.25, 0.3) is 0 Å². The number of ether oxygens (including phenoxy) is 1. The van der Waals surface area contributed by atoms with Crippen molar-refractivity contribution in [1.82, 2.24) is 15.1 Å². The Kier molecular flexibility index (Phi) is 11.7. The topological polar surface area (TPSA) is 99.2 Å². The summed E-state index contributed by atoms with van der Waals surface area (Å²) in [6.45, 7) is 11.0. The maximum Gasteiger partial charge on any atom is 0.490 e. The number of halogens is 3. The van der Waals surface area contributed by atoms with Gasteiger partial charge < -0.3 is 25.0 Å². The fourth-order valence-electron chi connectivity index (χ4n) is 3.06. The number of carboxylic acid groups (broad SMARTS) is 1. The van der Waals surface area contributed by atoms with Crippen LogP contribution in [-0.2, 0) is 9.59 Å². The van der Waals surface area contributed by atoms with Gasteiger partial charge in [0.2, 0.25) is 5.91 Å². The maximum atomic E-state index is 12.9. The van der Waals surface area contributed by atoms with E-state index in [4.69, 9.17) is 14.6 Å². The Morgan fingerprint density at radius 1 is 1.15 bits per heavy atom. The van der Waals surface area contributed by atoms with E-state index in [1.54, 1.807) is 17.0 Å². The van der Waals surface area contributed by atoms with Gasteiger partial charge >= 0.3 is 12.1 Å². The SMILES string of the molecule is CCOc1ccc(C(=O)N(CCC(=O)N2CCNCC2)CC(C)C)cc1.O=C(O)C(F)(F)F. The van der Waals surface area contributed by atoms with E-state index in [2.05, 4.69) is 19.2 Å². The summed E-state index contributed by atoms with van der Waals surface area (Å²) < 4.78 is 37.2. The van der Waals surface area contributed by atoms with Gasteiger partial charge in [-0.15, -0.1) is 0 Å². The molecular weight excluding hydrogens is 443 g/mol. The average Bonchev–Trinajstić information content (AvgIpc) is 2.77. The first-order chi connectivity index (χ1) is 15.5. The van der Waals surface area contributed by atoms with Gasteiger partial charge in [0, 0.05) is 51.3 Å². The largest absolute Gasteiger partial charge is 0.494 e. The van der Waals surface area contributed by atoms with Crippen LogP contribution < -0.4 is 10.1 Å². The van der Waals surface area contributed by atoms with Crippen molar-refractivity contribution >= 4 is 17.8 Å². The number of carbonyl (C=O) groups is 3. The van der Waals surface area contributed by atoms with E-state index in [-0.39, 0.29) is 11.8 Å². The molecule has 1 heterocycles. The molecule has 0 aliphatic carbocycles. The predicted molar refractivity (Wildman–Crippen MR) is 116 cm³/mol. The summed E-state index contributed by atoms with van der Waals surface area (Å²) in [6, 6.07) is 7.21. The van der Waals surface area contributed by atoms with Crippen molar-refractivity contribution in [3.63, 3.8) is 0 Å². The third-order valence-corrected chi connectivity index (χ3v) is 4.59. The highest BCUT2D eigenvalue weighted by molar-refractivity contribution is 5.94. The standard InChI is InChI=1S/C20H31N3O3.C2HF3O2/c1-4-26-18-7-5-17(6-8-18)20(25)23(15-16(2)3)12-9-19(24)22-13-10-21-11-14-22;3-2(4,5)1(6)7/h5-8,16,21H,4,9-15H2,1-3H3;(H,6,7). The van der Waals surface area contributed by atoms with E-state index in [9.17, 15) is 22.8 Å². The minimum atomic E-state index is -5.08. The number of alkyl halides is 3. The third-order valence-electron chi connectivity index (χ3n) is 4.59. The van der Waals surface area contributed by atoms with Crippen LogP contribution in [0.5, 0.6) is 5.75 Å². The number of hydrogen-bond donors (Lipinski definition) is 2. The summed E-state index contributed by atoms with van der Waals surface area (Å²) in [5.74, 6) is -1.56. The van der Waals surface area contributed by atoms with Crippen molar-refractivity contribution in [2.45, 2.75) is 33.4 Å². The van der Waals surface area contributed by atoms with Gasteiger partial charge in [-0.3, -0.25) is 9.59 Å². The van der Waals surface area contributed by atoms with Crippen LogP contribution in [0, 0.1) is 5.92 Å². The van der Waals surface area contributed by atoms with Gasteiger partial charge in [-0.1, -0.05) is 13.8 Å². The van der Waals surface area contributed by atoms with E-state index in [0.717, 1.165) is 31.9 Å². The number of piperazine rings is 1. The Bertz CT molecular complexity index is 764. The van der Waals surface area contributed by atoms with Crippen molar-refractivity contribution in [1.29, 1.82) is 0 Å². The number of rotatable bonds is 8. The molecule has 2 amide bonds. The second kappa shape index (κ2) is 13.7. The first-order valence-corrected chi connectivity index (χ1v) is 10.8. The normalized spacial score (nSPS) is 13.7. The highest BCUT2D eigenvalue weighted by atomic mass is 19.4. The monoisotopic (exact) mass is 475 g/mol. The minimum Gasteiger partial charge on any atom is -0.494 e. The quantitative estimate of drug-likeness (QED) is 0.600. The lowest BCUT2D eigenvalue weighted by Crippen LogP contribution is -2.47. The number of hydrogen-bond acceptors (Lipinski definition) is 5. The van der Waals surface area contributed by atoms with E-state index in [1.165, 1.54) is 0 Å². The Morgan fingerprint density at radius 3 is 2.15 bits per heavy atom. The second-order valence-corrected chi connectivity index (χ2v) is 7.79. The van der Waals surface area contributed by atoms with E-state index in [1.807, 2.05) is 24.0 Å². The molecule has 33 heavy (non-hydrogen) atoms. The molecule has 8 nitrogen and oxygen atoms in total. The van der Waals surface area contributed by atoms with Crippen molar-refractivity contribution in [2.24, 2.45) is 5.92 Å². The molecule has 11 heteroatoms. The molecule has 2 rings (SSSR count). The summed E-state index contributed by atoms with van der Waals surface area (Å²) in [4.78, 5) is 37.9. The second-order valence-electron chi connectivity index (χ2n) is 7.79. The lowest BCUT2D eigenvalue weighted by atomic mass is 10.1. The molecule has 1 aromatic rings. The molecule has 0 aromatic heterocycles. The zero-order chi connectivity index (χ0) is 25.0. The molecule has 0 spiro atoms. The molecule has 0 saturated carbocycles. The van der Waals surface area contributed by atoms with Gasteiger partial charge in [0.1, 0.15) is 5.75 Å². The molecule has 1 fully saturated rings. The minimum absolute atomic E-state index is 0.0325. The summed E-state index contributed by atoms with van der Waals surface area (Å²) in [5, 5.41) is 10.4. The van der Waals surface area contributed by atoms with E-state index >= 15 is 0 Å². The number of amides is 2. The first kappa shape index (κ1) is 28.2. The Balaban J connectivity index is 0.000000675. The molecule has 1 saturated heterocycles. The predicted octanol–water partition coefficient (Wildman–Crippen LogP) is 2.64. The van der Waals surface area contributed by atoms with Gasteiger partial charge in [0.25, 0.3) is 5.91 Å². The summed E-state index contributed by atoms with van der Waals surface area (Å²) >= 11 is 0. The number of aliphatic carboxylic acids is 1. The number of nitrogens with one attached hydrogen (secondary N) is 1. The Labute approximate surface area is 191 Å². The Hall–Kier alpha value is -2.82. The maximum absolute atomic E-state index is 12.9. The average molecular weight is 476 g/mol. The molecule has 0 radical (unpaired) electrons. The van der Waals surface area contributed by atoms with Gasteiger partial charge in [-0.25, -0.2) is 4.79 Å². The number of nitrogens with zero attached hydrogens (tertiary/aromatic N) is 2. The van der Waals surface area contributed by atoms with Crippen molar-refractivity contribution in [3.8, 4) is 5.75 Å². The lowest BCUT2D eigenvalue weighted by Gasteiger charge is -2.29. The summed E-state index contributed by atoms with van der Waals surface area (Å²) in [7, 11) is 0. The highest BCUT2D eigenvalue weighted by Crippen LogP contribution is 2.15. The zero-order valence-electron chi connectivity index (χ0n) is 19.2. The molecule has 0 bridgehead atoms. The Morgan fingerprint density at radius 2 is 1.70 bits per heavy atom. The fourth-order valence-corrected chi connectivity index (χ4v) is 3.06. The van der Waals surface area contributed by atoms with Gasteiger partial charge in [0.15, 0.2) is 0 Å². The number of carbonyl (C=O) groups excluding carboxylic acids is 2. The summed E-state index contributed by atoms with van der Waals surface area (Å²) in [5.41, 5.74) is 0.628. The number of carboxylic acids is 1. The van der Waals surface area contributed by atoms with E-state index < -0.39 is 12.1 Å². The van der Waals surface area contributed by atoms with Crippen LogP contribution in [0.3, 0.4) is 0 Å². The molecular formula is C22H32F3N3O5. The smallest absolute Gasteiger partial charge is 0.490 e. The van der Waals surface area contributed by atoms with Gasteiger partial charge in [-0.2, -0.15) is 13.2 Å². The van der Waals surface area contributed by atoms with Crippen LogP contribution in [0.4, 0.5) is 13.2 Å². The van der Waals surface area contributed by atoms with Gasteiger partial charge in [0.05, 0.1) is 6.61 Å². The van der Waals surface area contributed by atoms with Crippen LogP contribution in [0.15, 0.2) is 24.3 Å². The van der Waals surface area contributed by atoms with Crippen LogP contribution >= 0.6 is 0 Å². The third kappa shape index (κ3) is 10.6. The van der Waals surface area contributed by atoms with Crippen molar-refractivity contribution in [3.05, 3.63) is 29.8 Å². The first-order valence-electron chi connectivity index (χ1n) is 10.8. The molecule has 0 atom stereocenters. The molecule has 2 N–H and O–H groups in total.